The molecule has 9 saturated carbocycles. The van der Waals surface area contributed by atoms with Crippen molar-refractivity contribution in [3.05, 3.63) is 170 Å². The molecule has 113 heavy (non-hydrogen) atoms. The van der Waals surface area contributed by atoms with E-state index in [1.54, 1.807) is 0 Å². The van der Waals surface area contributed by atoms with Gasteiger partial charge in [-0.25, -0.2) is 9.59 Å². The minimum absolute atomic E-state index is 0.192. The van der Waals surface area contributed by atoms with Crippen molar-refractivity contribution >= 4 is 69.5 Å². The molecule has 17 rings (SSSR count). The van der Waals surface area contributed by atoms with Gasteiger partial charge in [-0.1, -0.05) is 100.0 Å². The minimum atomic E-state index is -3.65. The highest BCUT2D eigenvalue weighted by atomic mass is 32.2. The van der Waals surface area contributed by atoms with Crippen LogP contribution in [0.15, 0.2) is 199 Å². The molecule has 2 saturated heterocycles. The molecule has 22 heteroatoms. The van der Waals surface area contributed by atoms with Gasteiger partial charge in [-0.3, -0.25) is 28.8 Å². The second-order valence-electron chi connectivity index (χ2n) is 34.1. The Morgan fingerprint density at radius 2 is 0.752 bits per heavy atom. The number of esters is 8. The predicted octanol–water partition coefficient (Wildman–Crippen LogP) is 18.4. The standard InChI is InChI=1S/C24H30F2O6.2C24H25O2S.C19H24F2O6/c1-3-24(12-5-10-4-11(7-12)8-13(24)6-10)32-21(28)17-15-9-14-16(17)20(27)30-18(14)19(15)31-22(29)23(2,25)26;2*1-4-24(2,3)23(25)26-19-15-17-22(18-16-19)27(20-11-7-5-8-12-20)21-13-9-6-10-14-21;1-18(6-4-3-5-7-18)27-16(23)12-10-8-9-11(12)15(22)25-13(9)14(10)26-17(24)19(2,20)21/h10-19H,3-9H2,1-2H3;2*5-18H,4H2,1-3H3;9-14H,3-8H2,1-2H3/q;2*+1;. The molecule has 6 aromatic rings. The Hall–Kier alpha value is -8.50. The second-order valence-corrected chi connectivity index (χ2v) is 38.1. The Balaban J connectivity index is 0.000000132. The van der Waals surface area contributed by atoms with Crippen LogP contribution in [0, 0.1) is 81.8 Å². The molecule has 11 aliphatic rings. The molecule has 8 bridgehead atoms. The fraction of sp³-hybridized carbons (Fsp3) is 0.516. The molecular weight excluding hydrogens is 1490 g/mol. The molecule has 12 unspecified atom stereocenters. The summed E-state index contributed by atoms with van der Waals surface area (Å²) < 4.78 is 97.7. The maximum atomic E-state index is 13.6. The van der Waals surface area contributed by atoms with Crippen LogP contribution in [0.2, 0.25) is 0 Å². The minimum Gasteiger partial charge on any atom is -0.459 e. The van der Waals surface area contributed by atoms with E-state index in [1.165, 1.54) is 35.8 Å². The van der Waals surface area contributed by atoms with Gasteiger partial charge in [-0.2, -0.15) is 17.6 Å². The van der Waals surface area contributed by atoms with Crippen LogP contribution in [0.5, 0.6) is 11.5 Å². The molecule has 9 aliphatic carbocycles. The summed E-state index contributed by atoms with van der Waals surface area (Å²) >= 11 is 0. The van der Waals surface area contributed by atoms with Crippen LogP contribution in [0.3, 0.4) is 0 Å². The second kappa shape index (κ2) is 33.4. The average Bonchev–Trinajstić information content (AvgIpc) is 1.66. The summed E-state index contributed by atoms with van der Waals surface area (Å²) in [4.78, 5) is 107. The highest BCUT2D eigenvalue weighted by Gasteiger charge is 2.73. The van der Waals surface area contributed by atoms with Crippen molar-refractivity contribution in [3.8, 4) is 11.5 Å². The summed E-state index contributed by atoms with van der Waals surface area (Å²) in [7, 11) is -0.390. The predicted molar refractivity (Wildman–Crippen MR) is 414 cm³/mol. The van der Waals surface area contributed by atoms with Crippen molar-refractivity contribution in [1.82, 2.24) is 0 Å². The lowest BCUT2D eigenvalue weighted by molar-refractivity contribution is -0.218. The molecule has 2 heterocycles. The molecule has 11 fully saturated rings. The molecule has 0 aromatic heterocycles. The molecule has 6 aromatic carbocycles. The lowest BCUT2D eigenvalue weighted by atomic mass is 9.49. The van der Waals surface area contributed by atoms with Crippen LogP contribution in [0.4, 0.5) is 17.6 Å². The first kappa shape index (κ1) is 82.5. The zero-order valence-corrected chi connectivity index (χ0v) is 67.5. The van der Waals surface area contributed by atoms with Gasteiger partial charge in [0.15, 0.2) is 29.4 Å². The molecule has 0 radical (unpaired) electrons. The van der Waals surface area contributed by atoms with Crippen molar-refractivity contribution in [1.29, 1.82) is 0 Å². The van der Waals surface area contributed by atoms with Gasteiger partial charge in [0.05, 0.1) is 56.3 Å². The van der Waals surface area contributed by atoms with E-state index in [-0.39, 0.29) is 45.6 Å². The van der Waals surface area contributed by atoms with Crippen LogP contribution in [0.1, 0.15) is 166 Å². The van der Waals surface area contributed by atoms with E-state index in [9.17, 15) is 55.9 Å². The topological polar surface area (TPSA) is 210 Å². The van der Waals surface area contributed by atoms with Crippen LogP contribution in [-0.4, -0.2) is 95.2 Å². The number of benzene rings is 6. The van der Waals surface area contributed by atoms with Crippen LogP contribution in [-0.2, 0) is 88.6 Å². The van der Waals surface area contributed by atoms with E-state index in [0.29, 0.717) is 50.0 Å². The van der Waals surface area contributed by atoms with Crippen molar-refractivity contribution in [2.45, 2.75) is 242 Å². The SMILES string of the molecule is CC1(OC(=O)C2C3CC4C(OC(=O)C42)C3OC(=O)C(C)(F)F)CCCCC1.CCC(C)(C)C(=O)Oc1ccc([S+](c2ccccc2)c2ccccc2)cc1.CCC(C)(C)C(=O)Oc1ccc([S+](c2ccccc2)c2ccccc2)cc1.CCC1(OC(=O)C2C3CC4C(OC(=O)C42)C3OC(=O)C(C)(F)F)C2CC3CC(C2)CC1C3. The Morgan fingerprint density at radius 1 is 0.425 bits per heavy atom. The van der Waals surface area contributed by atoms with Gasteiger partial charge < -0.3 is 37.9 Å². The van der Waals surface area contributed by atoms with Gasteiger partial charge in [-0.15, -0.1) is 0 Å². The molecule has 0 N–H and O–H groups in total. The summed E-state index contributed by atoms with van der Waals surface area (Å²) in [6.07, 6.45) is 9.80. The number of carbonyl (C=O) groups excluding carboxylic acids is 8. The fourth-order valence-corrected chi connectivity index (χ4v) is 23.4. The van der Waals surface area contributed by atoms with Crippen LogP contribution >= 0.6 is 0 Å². The van der Waals surface area contributed by atoms with E-state index < -0.39 is 130 Å². The zero-order chi connectivity index (χ0) is 80.7. The molecule has 0 amide bonds. The Morgan fingerprint density at radius 3 is 1.07 bits per heavy atom. The first-order valence-corrected chi connectivity index (χ1v) is 42.6. The van der Waals surface area contributed by atoms with Crippen molar-refractivity contribution in [2.24, 2.45) is 81.8 Å². The lowest BCUT2D eigenvalue weighted by Crippen LogP contribution is -2.60. The largest absolute Gasteiger partial charge is 0.459 e. The third kappa shape index (κ3) is 17.3. The highest BCUT2D eigenvalue weighted by molar-refractivity contribution is 7.97. The molecule has 2 aliphatic heterocycles. The molecule has 0 spiro atoms. The third-order valence-electron chi connectivity index (χ3n) is 25.8. The quantitative estimate of drug-likeness (QED) is 0.0216. The van der Waals surface area contributed by atoms with Gasteiger partial charge in [0.1, 0.15) is 47.1 Å². The smallest absolute Gasteiger partial charge is 0.377 e. The van der Waals surface area contributed by atoms with Gasteiger partial charge >= 0.3 is 59.6 Å². The molecule has 602 valence electrons. The van der Waals surface area contributed by atoms with Gasteiger partial charge in [0.25, 0.3) is 0 Å². The number of carbonyl (C=O) groups is 8. The fourth-order valence-electron chi connectivity index (χ4n) is 19.3. The molecule has 16 nitrogen and oxygen atoms in total. The normalized spacial score (nSPS) is 29.0. The number of hydrogen-bond donors (Lipinski definition) is 0. The summed E-state index contributed by atoms with van der Waals surface area (Å²) in [5.74, 6) is -14.1. The summed E-state index contributed by atoms with van der Waals surface area (Å²) in [5.41, 5.74) is -2.02. The number of ether oxygens (including phenoxy) is 8. The highest BCUT2D eigenvalue weighted by Crippen LogP contribution is 2.64. The first-order chi connectivity index (χ1) is 53.7. The van der Waals surface area contributed by atoms with Gasteiger partial charge in [0.2, 0.25) is 0 Å². The number of alkyl halides is 4. The number of hydrogen-bond acceptors (Lipinski definition) is 16. The summed E-state index contributed by atoms with van der Waals surface area (Å²) in [5, 5.41) is 0. The number of rotatable bonds is 21. The van der Waals surface area contributed by atoms with Crippen molar-refractivity contribution in [3.63, 3.8) is 0 Å². The van der Waals surface area contributed by atoms with E-state index in [0.717, 1.165) is 88.9 Å². The molecule has 12 atom stereocenters. The summed E-state index contributed by atoms with van der Waals surface area (Å²) in [6.45, 7) is 16.5. The maximum absolute atomic E-state index is 13.6. The monoisotopic (exact) mass is 1590 g/mol. The average molecular weight is 1590 g/mol. The van der Waals surface area contributed by atoms with Gasteiger partial charge in [-0.05, 0) is 245 Å². The zero-order valence-electron chi connectivity index (χ0n) is 65.9. The third-order valence-corrected chi connectivity index (χ3v) is 30.3. The number of halogens is 4. The van der Waals surface area contributed by atoms with E-state index in [1.807, 2.05) is 97.0 Å². The van der Waals surface area contributed by atoms with Crippen molar-refractivity contribution < 1.29 is 93.8 Å². The Kier molecular flexibility index (Phi) is 24.4. The van der Waals surface area contributed by atoms with Gasteiger partial charge in [0, 0.05) is 37.5 Å². The van der Waals surface area contributed by atoms with E-state index >= 15 is 0 Å². The van der Waals surface area contributed by atoms with E-state index in [4.69, 9.17) is 37.9 Å². The maximum Gasteiger partial charge on any atom is 0.377 e. The Labute approximate surface area is 665 Å². The van der Waals surface area contributed by atoms with Crippen molar-refractivity contribution in [2.75, 3.05) is 0 Å². The first-order valence-electron chi connectivity index (χ1n) is 40.1. The lowest BCUT2D eigenvalue weighted by Gasteiger charge is -2.60. The molecular formula is C91H104F4O16S2+2. The number of fused-ring (bicyclic) bond motifs is 2. The van der Waals surface area contributed by atoms with Crippen LogP contribution in [0.25, 0.3) is 0 Å². The summed E-state index contributed by atoms with van der Waals surface area (Å²) in [6, 6.07) is 57.8. The van der Waals surface area contributed by atoms with E-state index in [2.05, 4.69) is 128 Å². The Bertz CT molecular complexity index is 4140. The van der Waals surface area contributed by atoms with Crippen LogP contribution < -0.4 is 9.47 Å².